The molecule has 2 atom stereocenters. The zero-order chi connectivity index (χ0) is 13.7. The number of rotatable bonds is 1. The van der Waals surface area contributed by atoms with Gasteiger partial charge in [0.25, 0.3) is 0 Å². The van der Waals surface area contributed by atoms with Crippen LogP contribution in [0, 0.1) is 13.8 Å². The Labute approximate surface area is 117 Å². The maximum atomic E-state index is 5.91. The minimum atomic E-state index is -0.223. The van der Waals surface area contributed by atoms with Crippen LogP contribution in [0.1, 0.15) is 11.1 Å². The predicted octanol–water partition coefficient (Wildman–Crippen LogP) is 3.26. The predicted molar refractivity (Wildman–Crippen MR) is 78.4 cm³/mol. The van der Waals surface area contributed by atoms with Crippen molar-refractivity contribution >= 4 is 11.4 Å². The van der Waals surface area contributed by atoms with E-state index >= 15 is 0 Å². The molecule has 4 rings (SSSR count). The zero-order valence-electron chi connectivity index (χ0n) is 11.4. The minimum absolute atomic E-state index is 0.223. The molecule has 2 aromatic rings. The summed E-state index contributed by atoms with van der Waals surface area (Å²) in [5.74, 6) is 1.75. The number of anilines is 2. The first-order chi connectivity index (χ1) is 9.69. The van der Waals surface area contributed by atoms with Crippen LogP contribution in [-0.2, 0) is 0 Å². The van der Waals surface area contributed by atoms with Crippen molar-refractivity contribution in [3.63, 3.8) is 0 Å². The van der Waals surface area contributed by atoms with Gasteiger partial charge in [0, 0.05) is 0 Å². The van der Waals surface area contributed by atoms with Gasteiger partial charge in [0.05, 0.1) is 11.4 Å². The molecule has 20 heavy (non-hydrogen) atoms. The lowest BCUT2D eigenvalue weighted by atomic mass is 10.2. The number of fused-ring (bicyclic) bond motifs is 2. The molecule has 2 heterocycles. The van der Waals surface area contributed by atoms with Crippen LogP contribution in [0.3, 0.4) is 0 Å². The van der Waals surface area contributed by atoms with Crippen LogP contribution in [0.5, 0.6) is 11.5 Å². The fraction of sp³-hybridized carbons (Fsp3) is 0.250. The van der Waals surface area contributed by atoms with Crippen molar-refractivity contribution in [3.8, 4) is 11.5 Å². The fourth-order valence-electron chi connectivity index (χ4n) is 2.63. The van der Waals surface area contributed by atoms with Crippen molar-refractivity contribution in [1.29, 1.82) is 0 Å². The van der Waals surface area contributed by atoms with E-state index in [1.165, 1.54) is 11.1 Å². The molecule has 0 saturated heterocycles. The van der Waals surface area contributed by atoms with Gasteiger partial charge in [-0.15, -0.1) is 0 Å². The highest BCUT2D eigenvalue weighted by Gasteiger charge is 2.35. The average Bonchev–Trinajstić information content (AvgIpc) is 3.00. The molecule has 2 aromatic carbocycles. The lowest BCUT2D eigenvalue weighted by Crippen LogP contribution is -2.41. The van der Waals surface area contributed by atoms with Crippen LogP contribution in [0.25, 0.3) is 0 Å². The highest BCUT2D eigenvalue weighted by Crippen LogP contribution is 2.38. The Kier molecular flexibility index (Phi) is 2.33. The Morgan fingerprint density at radius 2 is 1.20 bits per heavy atom. The Balaban J connectivity index is 1.55. The van der Waals surface area contributed by atoms with E-state index in [1.807, 2.05) is 24.3 Å². The molecular formula is C16H16N2O2. The van der Waals surface area contributed by atoms with E-state index in [1.54, 1.807) is 0 Å². The first kappa shape index (κ1) is 11.5. The smallest absolute Gasteiger partial charge is 0.226 e. The molecule has 0 spiro atoms. The SMILES string of the molecule is Cc1ccc2c(c1)N[C@H]([C@H]1Nc3cc(C)ccc3O1)O2. The molecule has 2 aliphatic heterocycles. The van der Waals surface area contributed by atoms with Crippen LogP contribution in [0.2, 0.25) is 0 Å². The Morgan fingerprint density at radius 1 is 0.750 bits per heavy atom. The Bertz CT molecular complexity index is 625. The topological polar surface area (TPSA) is 42.5 Å². The summed E-state index contributed by atoms with van der Waals surface area (Å²) < 4.78 is 11.8. The first-order valence-corrected chi connectivity index (χ1v) is 6.77. The average molecular weight is 268 g/mol. The number of hydrogen-bond acceptors (Lipinski definition) is 4. The highest BCUT2D eigenvalue weighted by molar-refractivity contribution is 5.65. The molecular weight excluding hydrogens is 252 g/mol. The molecule has 0 radical (unpaired) electrons. The molecule has 0 saturated carbocycles. The van der Waals surface area contributed by atoms with Crippen molar-refractivity contribution in [3.05, 3.63) is 47.5 Å². The number of benzene rings is 2. The molecule has 2 N–H and O–H groups in total. The molecule has 0 unspecified atom stereocenters. The largest absolute Gasteiger partial charge is 0.462 e. The molecule has 4 nitrogen and oxygen atoms in total. The van der Waals surface area contributed by atoms with Gasteiger partial charge in [0.15, 0.2) is 0 Å². The van der Waals surface area contributed by atoms with Crippen molar-refractivity contribution in [1.82, 2.24) is 0 Å². The third-order valence-corrected chi connectivity index (χ3v) is 3.65. The van der Waals surface area contributed by atoms with E-state index in [-0.39, 0.29) is 12.5 Å². The van der Waals surface area contributed by atoms with E-state index in [9.17, 15) is 0 Å². The van der Waals surface area contributed by atoms with Gasteiger partial charge in [-0.25, -0.2) is 0 Å². The van der Waals surface area contributed by atoms with E-state index in [0.717, 1.165) is 22.9 Å². The number of hydrogen-bond donors (Lipinski definition) is 2. The molecule has 0 fully saturated rings. The molecule has 0 bridgehead atoms. The standard InChI is InChI=1S/C16H16N2O2/c1-9-3-5-13-11(7-9)17-15(19-13)16-18-12-8-10(2)4-6-14(12)20-16/h3-8,15-18H,1-2H3/t15-,16-/m0/s1. The number of ether oxygens (including phenoxy) is 2. The Morgan fingerprint density at radius 3 is 1.65 bits per heavy atom. The quantitative estimate of drug-likeness (QED) is 0.833. The fourth-order valence-corrected chi connectivity index (χ4v) is 2.63. The zero-order valence-corrected chi connectivity index (χ0v) is 11.4. The van der Waals surface area contributed by atoms with E-state index in [0.29, 0.717) is 0 Å². The summed E-state index contributed by atoms with van der Waals surface area (Å²) in [5, 5.41) is 6.71. The third-order valence-electron chi connectivity index (χ3n) is 3.65. The van der Waals surface area contributed by atoms with E-state index in [4.69, 9.17) is 9.47 Å². The minimum Gasteiger partial charge on any atom is -0.462 e. The second-order valence-electron chi connectivity index (χ2n) is 5.36. The van der Waals surface area contributed by atoms with E-state index < -0.39 is 0 Å². The summed E-state index contributed by atoms with van der Waals surface area (Å²) in [7, 11) is 0. The third kappa shape index (κ3) is 1.76. The maximum Gasteiger partial charge on any atom is 0.226 e. The van der Waals surface area contributed by atoms with Gasteiger partial charge >= 0.3 is 0 Å². The second kappa shape index (κ2) is 4.07. The van der Waals surface area contributed by atoms with Gasteiger partial charge in [-0.3, -0.25) is 0 Å². The second-order valence-corrected chi connectivity index (χ2v) is 5.36. The van der Waals surface area contributed by atoms with Crippen molar-refractivity contribution in [2.75, 3.05) is 10.6 Å². The van der Waals surface area contributed by atoms with Crippen molar-refractivity contribution in [2.24, 2.45) is 0 Å². The van der Waals surface area contributed by atoms with Crippen LogP contribution in [0.4, 0.5) is 11.4 Å². The van der Waals surface area contributed by atoms with Gasteiger partial charge in [0.1, 0.15) is 11.5 Å². The van der Waals surface area contributed by atoms with Gasteiger partial charge < -0.3 is 20.1 Å². The molecule has 0 aliphatic carbocycles. The lowest BCUT2D eigenvalue weighted by molar-refractivity contribution is 0.113. The van der Waals surface area contributed by atoms with Gasteiger partial charge in [0.2, 0.25) is 12.5 Å². The molecule has 4 heteroatoms. The highest BCUT2D eigenvalue weighted by atomic mass is 16.6. The van der Waals surface area contributed by atoms with Gasteiger partial charge in [-0.1, -0.05) is 12.1 Å². The molecule has 0 aromatic heterocycles. The van der Waals surface area contributed by atoms with Crippen LogP contribution in [-0.4, -0.2) is 12.5 Å². The van der Waals surface area contributed by atoms with Crippen LogP contribution in [0.15, 0.2) is 36.4 Å². The first-order valence-electron chi connectivity index (χ1n) is 6.77. The molecule has 0 amide bonds. The number of nitrogens with one attached hydrogen (secondary N) is 2. The molecule has 2 aliphatic rings. The summed E-state index contributed by atoms with van der Waals surface area (Å²) >= 11 is 0. The normalized spacial score (nSPS) is 22.1. The lowest BCUT2D eigenvalue weighted by Gasteiger charge is -2.18. The summed E-state index contributed by atoms with van der Waals surface area (Å²) in [6.45, 7) is 4.14. The summed E-state index contributed by atoms with van der Waals surface area (Å²) in [4.78, 5) is 0. The molecule has 102 valence electrons. The number of aryl methyl sites for hydroxylation is 2. The van der Waals surface area contributed by atoms with Crippen molar-refractivity contribution < 1.29 is 9.47 Å². The van der Waals surface area contributed by atoms with Gasteiger partial charge in [-0.2, -0.15) is 0 Å². The summed E-state index contributed by atoms with van der Waals surface area (Å²) in [6, 6.07) is 12.2. The summed E-state index contributed by atoms with van der Waals surface area (Å²) in [6.07, 6.45) is -0.445. The maximum absolute atomic E-state index is 5.91. The monoisotopic (exact) mass is 268 g/mol. The Hall–Kier alpha value is -2.36. The van der Waals surface area contributed by atoms with Crippen LogP contribution >= 0.6 is 0 Å². The van der Waals surface area contributed by atoms with Gasteiger partial charge in [-0.05, 0) is 49.2 Å². The van der Waals surface area contributed by atoms with Crippen molar-refractivity contribution in [2.45, 2.75) is 26.3 Å². The van der Waals surface area contributed by atoms with Crippen LogP contribution < -0.4 is 20.1 Å². The van der Waals surface area contributed by atoms with E-state index in [2.05, 4.69) is 36.6 Å². The summed E-state index contributed by atoms with van der Waals surface area (Å²) in [5.41, 5.74) is 4.46.